The summed E-state index contributed by atoms with van der Waals surface area (Å²) in [5.74, 6) is -0.773. The van der Waals surface area contributed by atoms with Gasteiger partial charge in [-0.3, -0.25) is 4.79 Å². The third-order valence-electron chi connectivity index (χ3n) is 0.411. The summed E-state index contributed by atoms with van der Waals surface area (Å²) in [7, 11) is 0. The lowest BCUT2D eigenvalue weighted by Crippen LogP contribution is -2.39. The molecule has 0 unspecified atom stereocenters. The molecule has 0 heterocycles. The standard InChI is InChI=1S/C4H5NO3/c1-2-3(6)5-4(7)8/h2H,1H2,(H,5,6)(H,7,8)/p-1. The van der Waals surface area contributed by atoms with Crippen molar-refractivity contribution in [1.82, 2.24) is 5.32 Å². The predicted octanol–water partition coefficient (Wildman–Crippen LogP) is -1.37. The van der Waals surface area contributed by atoms with Gasteiger partial charge in [-0.25, -0.2) is 0 Å². The van der Waals surface area contributed by atoms with Gasteiger partial charge in [0.15, 0.2) is 0 Å². The molecule has 0 saturated carbocycles. The van der Waals surface area contributed by atoms with Gasteiger partial charge in [-0.1, -0.05) is 6.58 Å². The van der Waals surface area contributed by atoms with Crippen molar-refractivity contribution in [1.29, 1.82) is 0 Å². The van der Waals surface area contributed by atoms with E-state index >= 15 is 0 Å². The average molecular weight is 114 g/mol. The van der Waals surface area contributed by atoms with Crippen molar-refractivity contribution in [3.05, 3.63) is 12.7 Å². The maximum atomic E-state index is 9.97. The van der Waals surface area contributed by atoms with E-state index in [1.165, 1.54) is 5.32 Å². The number of carboxylic acid groups (broad SMARTS) is 1. The summed E-state index contributed by atoms with van der Waals surface area (Å²) in [6.07, 6.45) is -0.773. The maximum absolute atomic E-state index is 9.97. The fraction of sp³-hybridized carbons (Fsp3) is 0. The Morgan fingerprint density at radius 3 is 2.25 bits per heavy atom. The van der Waals surface area contributed by atoms with Crippen LogP contribution in [0.1, 0.15) is 0 Å². The van der Waals surface area contributed by atoms with Crippen LogP contribution < -0.4 is 10.4 Å². The van der Waals surface area contributed by atoms with E-state index in [4.69, 9.17) is 0 Å². The first-order valence-corrected chi connectivity index (χ1v) is 1.81. The van der Waals surface area contributed by atoms with Crippen LogP contribution in [0, 0.1) is 0 Å². The number of nitrogens with one attached hydrogen (secondary N) is 1. The molecule has 0 aromatic heterocycles. The smallest absolute Gasteiger partial charge is 0.248 e. The molecule has 0 aliphatic rings. The van der Waals surface area contributed by atoms with E-state index in [0.717, 1.165) is 6.08 Å². The Bertz CT molecular complexity index is 129. The minimum atomic E-state index is -1.62. The van der Waals surface area contributed by atoms with Gasteiger partial charge < -0.3 is 15.2 Å². The van der Waals surface area contributed by atoms with Crippen molar-refractivity contribution in [2.45, 2.75) is 0 Å². The zero-order valence-corrected chi connectivity index (χ0v) is 4.01. The second-order valence-electron chi connectivity index (χ2n) is 0.981. The first-order valence-electron chi connectivity index (χ1n) is 1.81. The van der Waals surface area contributed by atoms with Crippen LogP contribution >= 0.6 is 0 Å². The van der Waals surface area contributed by atoms with Crippen LogP contribution in [0.15, 0.2) is 12.7 Å². The van der Waals surface area contributed by atoms with Gasteiger partial charge in [-0.05, 0) is 6.08 Å². The molecule has 0 aliphatic heterocycles. The van der Waals surface area contributed by atoms with Crippen molar-refractivity contribution in [2.24, 2.45) is 0 Å². The molecule has 1 N–H and O–H groups in total. The van der Waals surface area contributed by atoms with Gasteiger partial charge in [-0.15, -0.1) is 0 Å². The quantitative estimate of drug-likeness (QED) is 0.427. The molecule has 4 nitrogen and oxygen atoms in total. The van der Waals surface area contributed by atoms with Crippen molar-refractivity contribution >= 4 is 12.0 Å². The minimum absolute atomic E-state index is 0.773. The molecule has 0 saturated heterocycles. The number of carbonyl (C=O) groups excluding carboxylic acids is 2. The number of hydrogen-bond acceptors (Lipinski definition) is 3. The third-order valence-corrected chi connectivity index (χ3v) is 0.411. The van der Waals surface area contributed by atoms with Gasteiger partial charge in [0.2, 0.25) is 5.91 Å². The summed E-state index contributed by atoms with van der Waals surface area (Å²) in [6.45, 7) is 3.01. The normalized spacial score (nSPS) is 7.50. The van der Waals surface area contributed by atoms with Crippen LogP contribution in [-0.4, -0.2) is 12.0 Å². The third kappa shape index (κ3) is 2.89. The van der Waals surface area contributed by atoms with Crippen LogP contribution in [0.2, 0.25) is 0 Å². The van der Waals surface area contributed by atoms with Gasteiger partial charge in [-0.2, -0.15) is 0 Å². The summed E-state index contributed by atoms with van der Waals surface area (Å²) in [6, 6.07) is 0. The highest BCUT2D eigenvalue weighted by molar-refractivity contribution is 5.96. The van der Waals surface area contributed by atoms with E-state index in [1.54, 1.807) is 0 Å². The Labute approximate surface area is 45.8 Å². The lowest BCUT2D eigenvalue weighted by atomic mass is 10.6. The summed E-state index contributed by atoms with van der Waals surface area (Å²) in [4.78, 5) is 19.4. The van der Waals surface area contributed by atoms with Crippen LogP contribution in [0.3, 0.4) is 0 Å². The fourth-order valence-electron chi connectivity index (χ4n) is 0.152. The van der Waals surface area contributed by atoms with Crippen LogP contribution in [0.5, 0.6) is 0 Å². The number of rotatable bonds is 1. The molecule has 4 heteroatoms. The molecule has 0 aromatic rings. The Hall–Kier alpha value is -1.32. The molecular formula is C4H4NO3-. The molecule has 8 heavy (non-hydrogen) atoms. The zero-order chi connectivity index (χ0) is 6.57. The van der Waals surface area contributed by atoms with Crippen LogP contribution in [-0.2, 0) is 4.79 Å². The summed E-state index contributed by atoms with van der Waals surface area (Å²) in [5.41, 5.74) is 0. The maximum Gasteiger partial charge on any atom is 0.248 e. The Morgan fingerprint density at radius 1 is 1.62 bits per heavy atom. The van der Waals surface area contributed by atoms with Crippen molar-refractivity contribution in [3.8, 4) is 0 Å². The van der Waals surface area contributed by atoms with Crippen molar-refractivity contribution in [2.75, 3.05) is 0 Å². The number of hydrogen-bond donors (Lipinski definition) is 1. The molecule has 44 valence electrons. The molecule has 0 radical (unpaired) electrons. The van der Waals surface area contributed by atoms with E-state index in [9.17, 15) is 14.7 Å². The van der Waals surface area contributed by atoms with Crippen LogP contribution in [0.4, 0.5) is 4.79 Å². The second kappa shape index (κ2) is 2.79. The molecular weight excluding hydrogens is 110 g/mol. The topological polar surface area (TPSA) is 69.2 Å². The van der Waals surface area contributed by atoms with Crippen LogP contribution in [0.25, 0.3) is 0 Å². The molecule has 0 fully saturated rings. The first-order chi connectivity index (χ1) is 3.66. The number of amides is 2. The van der Waals surface area contributed by atoms with Gasteiger partial charge >= 0.3 is 0 Å². The Morgan fingerprint density at radius 2 is 2.12 bits per heavy atom. The highest BCUT2D eigenvalue weighted by Crippen LogP contribution is 1.61. The monoisotopic (exact) mass is 114 g/mol. The molecule has 0 spiro atoms. The highest BCUT2D eigenvalue weighted by Gasteiger charge is 1.88. The number of imide groups is 1. The van der Waals surface area contributed by atoms with E-state index < -0.39 is 12.0 Å². The number of carbonyl (C=O) groups is 2. The summed E-state index contributed by atoms with van der Waals surface area (Å²) < 4.78 is 0. The fourth-order valence-corrected chi connectivity index (χ4v) is 0.152. The highest BCUT2D eigenvalue weighted by atomic mass is 16.4. The average Bonchev–Trinajstić information content (AvgIpc) is 1.65. The lowest BCUT2D eigenvalue weighted by molar-refractivity contribution is -0.249. The van der Waals surface area contributed by atoms with E-state index in [1.807, 2.05) is 0 Å². The van der Waals surface area contributed by atoms with E-state index in [0.29, 0.717) is 0 Å². The second-order valence-corrected chi connectivity index (χ2v) is 0.981. The molecule has 0 bridgehead atoms. The molecule has 2 amide bonds. The van der Waals surface area contributed by atoms with Gasteiger partial charge in [0, 0.05) is 0 Å². The predicted molar refractivity (Wildman–Crippen MR) is 23.7 cm³/mol. The first kappa shape index (κ1) is 6.68. The SMILES string of the molecule is C=CC(=O)NC(=O)[O-]. The summed E-state index contributed by atoms with van der Waals surface area (Å²) >= 11 is 0. The zero-order valence-electron chi connectivity index (χ0n) is 4.01. The van der Waals surface area contributed by atoms with Crippen molar-refractivity contribution in [3.63, 3.8) is 0 Å². The molecule has 0 aliphatic carbocycles. The van der Waals surface area contributed by atoms with Gasteiger partial charge in [0.05, 0.1) is 0 Å². The minimum Gasteiger partial charge on any atom is -0.530 e. The van der Waals surface area contributed by atoms with E-state index in [2.05, 4.69) is 6.58 Å². The Kier molecular flexibility index (Phi) is 2.33. The molecule has 0 rings (SSSR count). The Balaban J connectivity index is 3.55. The molecule has 0 atom stereocenters. The van der Waals surface area contributed by atoms with Gasteiger partial charge in [0.25, 0.3) is 0 Å². The lowest BCUT2D eigenvalue weighted by Gasteiger charge is -1.98. The largest absolute Gasteiger partial charge is 0.530 e. The summed E-state index contributed by atoms with van der Waals surface area (Å²) in [5, 5.41) is 10.9. The van der Waals surface area contributed by atoms with E-state index in [-0.39, 0.29) is 0 Å². The molecule has 0 aromatic carbocycles. The van der Waals surface area contributed by atoms with Gasteiger partial charge in [0.1, 0.15) is 6.09 Å². The van der Waals surface area contributed by atoms with Crippen molar-refractivity contribution < 1.29 is 14.7 Å².